The first-order chi connectivity index (χ1) is 8.77. The molecule has 1 aromatic carbocycles. The molecule has 9 heteroatoms. The summed E-state index contributed by atoms with van der Waals surface area (Å²) in [6.45, 7) is 1.55. The molecule has 106 valence electrons. The van der Waals surface area contributed by atoms with Crippen molar-refractivity contribution in [1.29, 1.82) is 0 Å². The lowest BCUT2D eigenvalue weighted by Crippen LogP contribution is -2.37. The maximum Gasteiger partial charge on any atom is 0.244 e. The van der Waals surface area contributed by atoms with Crippen LogP contribution in [0.1, 0.15) is 6.92 Å². The number of hydrogen-bond donors (Lipinski definition) is 3. The predicted molar refractivity (Wildman–Crippen MR) is 69.7 cm³/mol. The maximum atomic E-state index is 13.6. The van der Waals surface area contributed by atoms with Gasteiger partial charge in [-0.15, -0.1) is 0 Å². The van der Waals surface area contributed by atoms with Crippen molar-refractivity contribution in [1.82, 2.24) is 10.0 Å². The first kappa shape index (κ1) is 15.7. The van der Waals surface area contributed by atoms with E-state index in [0.717, 1.165) is 12.1 Å². The molecular formula is C10H13ClFN3O3S. The predicted octanol–water partition coefficient (Wildman–Crippen LogP) is 0.476. The van der Waals surface area contributed by atoms with E-state index in [9.17, 15) is 17.6 Å². The van der Waals surface area contributed by atoms with E-state index in [4.69, 9.17) is 17.3 Å². The van der Waals surface area contributed by atoms with Crippen LogP contribution in [-0.2, 0) is 14.8 Å². The van der Waals surface area contributed by atoms with Gasteiger partial charge in [0.1, 0.15) is 4.90 Å². The van der Waals surface area contributed by atoms with Crippen LogP contribution in [0.3, 0.4) is 0 Å². The molecule has 0 saturated carbocycles. The van der Waals surface area contributed by atoms with Crippen LogP contribution < -0.4 is 15.8 Å². The highest BCUT2D eigenvalue weighted by Gasteiger charge is 2.22. The zero-order chi connectivity index (χ0) is 14.6. The summed E-state index contributed by atoms with van der Waals surface area (Å²) in [5.41, 5.74) is 4.91. The molecule has 19 heavy (non-hydrogen) atoms. The van der Waals surface area contributed by atoms with Gasteiger partial charge in [0.2, 0.25) is 15.9 Å². The number of amides is 1. The number of nitrogens with two attached hydrogens (primary N) is 1. The summed E-state index contributed by atoms with van der Waals surface area (Å²) in [6.07, 6.45) is 0. The smallest absolute Gasteiger partial charge is 0.244 e. The molecule has 0 atom stereocenters. The van der Waals surface area contributed by atoms with Crippen LogP contribution >= 0.6 is 11.6 Å². The zero-order valence-corrected chi connectivity index (χ0v) is 11.6. The molecule has 0 radical (unpaired) electrons. The summed E-state index contributed by atoms with van der Waals surface area (Å²) < 4.78 is 39.2. The van der Waals surface area contributed by atoms with Crippen molar-refractivity contribution in [2.45, 2.75) is 11.8 Å². The summed E-state index contributed by atoms with van der Waals surface area (Å²) in [5.74, 6) is -1.63. The standard InChI is InChI=1S/C10H13ClFN3O3S/c1-2-14-9(16)5-15-19(17,18)8-4-6(11)3-7(13)10(8)12/h3-4,15H,2,5,13H2,1H3,(H,14,16). The normalized spacial score (nSPS) is 11.3. The Morgan fingerprint density at radius 1 is 1.47 bits per heavy atom. The first-order valence-electron chi connectivity index (χ1n) is 5.28. The molecule has 0 aliphatic heterocycles. The third-order valence-corrected chi connectivity index (χ3v) is 3.74. The second-order valence-electron chi connectivity index (χ2n) is 3.59. The summed E-state index contributed by atoms with van der Waals surface area (Å²) in [4.78, 5) is 10.5. The molecule has 0 saturated heterocycles. The van der Waals surface area contributed by atoms with Gasteiger partial charge in [-0.1, -0.05) is 11.6 Å². The fraction of sp³-hybridized carbons (Fsp3) is 0.300. The van der Waals surface area contributed by atoms with Crippen molar-refractivity contribution in [3.8, 4) is 0 Å². The second-order valence-corrected chi connectivity index (χ2v) is 5.76. The Kier molecular flexibility index (Phi) is 5.10. The molecule has 0 aliphatic rings. The van der Waals surface area contributed by atoms with E-state index in [1.165, 1.54) is 0 Å². The van der Waals surface area contributed by atoms with Gasteiger partial charge in [0.25, 0.3) is 0 Å². The van der Waals surface area contributed by atoms with Crippen molar-refractivity contribution in [3.63, 3.8) is 0 Å². The fourth-order valence-corrected chi connectivity index (χ4v) is 2.68. The molecule has 0 aliphatic carbocycles. The van der Waals surface area contributed by atoms with Gasteiger partial charge in [-0.2, -0.15) is 0 Å². The Bertz CT molecular complexity index is 592. The molecular weight excluding hydrogens is 297 g/mol. The largest absolute Gasteiger partial charge is 0.396 e. The van der Waals surface area contributed by atoms with Gasteiger partial charge < -0.3 is 11.1 Å². The highest BCUT2D eigenvalue weighted by molar-refractivity contribution is 7.89. The van der Waals surface area contributed by atoms with Crippen LogP contribution in [0.5, 0.6) is 0 Å². The summed E-state index contributed by atoms with van der Waals surface area (Å²) >= 11 is 5.62. The van der Waals surface area contributed by atoms with Crippen molar-refractivity contribution in [2.24, 2.45) is 0 Å². The number of hydrogen-bond acceptors (Lipinski definition) is 4. The van der Waals surface area contributed by atoms with Gasteiger partial charge in [-0.3, -0.25) is 4.79 Å². The van der Waals surface area contributed by atoms with E-state index in [2.05, 4.69) is 5.32 Å². The third-order valence-electron chi connectivity index (χ3n) is 2.12. The minimum absolute atomic E-state index is 0.0164. The van der Waals surface area contributed by atoms with E-state index in [1.807, 2.05) is 4.72 Å². The van der Waals surface area contributed by atoms with Gasteiger partial charge in [-0.25, -0.2) is 17.5 Å². The molecule has 6 nitrogen and oxygen atoms in total. The molecule has 0 fully saturated rings. The van der Waals surface area contributed by atoms with Crippen LogP contribution in [-0.4, -0.2) is 27.4 Å². The molecule has 1 aromatic rings. The van der Waals surface area contributed by atoms with Crippen LogP contribution in [0.4, 0.5) is 10.1 Å². The number of halogens is 2. The van der Waals surface area contributed by atoms with Gasteiger partial charge in [0, 0.05) is 11.6 Å². The number of nitrogens with one attached hydrogen (secondary N) is 2. The Hall–Kier alpha value is -1.38. The topological polar surface area (TPSA) is 101 Å². The summed E-state index contributed by atoms with van der Waals surface area (Å²) in [5, 5.41) is 2.38. The number of sulfonamides is 1. The van der Waals surface area contributed by atoms with Crippen molar-refractivity contribution in [2.75, 3.05) is 18.8 Å². The van der Waals surface area contributed by atoms with Gasteiger partial charge in [-0.05, 0) is 19.1 Å². The average molecular weight is 310 g/mol. The van der Waals surface area contributed by atoms with Crippen LogP contribution in [0.15, 0.2) is 17.0 Å². The van der Waals surface area contributed by atoms with Crippen molar-refractivity contribution < 1.29 is 17.6 Å². The third kappa shape index (κ3) is 4.05. The van der Waals surface area contributed by atoms with Crippen molar-refractivity contribution in [3.05, 3.63) is 23.0 Å². The highest BCUT2D eigenvalue weighted by atomic mass is 35.5. The van der Waals surface area contributed by atoms with Crippen LogP contribution in [0, 0.1) is 5.82 Å². The Morgan fingerprint density at radius 3 is 2.68 bits per heavy atom. The molecule has 0 aromatic heterocycles. The lowest BCUT2D eigenvalue weighted by atomic mass is 10.3. The number of carbonyl (C=O) groups excluding carboxylic acids is 1. The van der Waals surface area contributed by atoms with E-state index in [-0.39, 0.29) is 10.7 Å². The minimum Gasteiger partial charge on any atom is -0.396 e. The monoisotopic (exact) mass is 309 g/mol. The molecule has 0 spiro atoms. The van der Waals surface area contributed by atoms with E-state index < -0.39 is 33.2 Å². The lowest BCUT2D eigenvalue weighted by molar-refractivity contribution is -0.119. The molecule has 0 bridgehead atoms. The summed E-state index contributed by atoms with van der Waals surface area (Å²) in [6, 6.07) is 2.02. The van der Waals surface area contributed by atoms with Crippen LogP contribution in [0.25, 0.3) is 0 Å². The number of carbonyl (C=O) groups is 1. The molecule has 1 rings (SSSR count). The first-order valence-corrected chi connectivity index (χ1v) is 7.15. The average Bonchev–Trinajstić information content (AvgIpc) is 2.31. The fourth-order valence-electron chi connectivity index (χ4n) is 1.28. The van der Waals surface area contributed by atoms with Crippen molar-refractivity contribution >= 4 is 33.2 Å². The van der Waals surface area contributed by atoms with Crippen LogP contribution in [0.2, 0.25) is 5.02 Å². The van der Waals surface area contributed by atoms with E-state index in [1.54, 1.807) is 6.92 Å². The Morgan fingerprint density at radius 2 is 2.11 bits per heavy atom. The zero-order valence-electron chi connectivity index (χ0n) is 10.0. The number of nitrogen functional groups attached to an aromatic ring is 1. The van der Waals surface area contributed by atoms with Gasteiger partial charge in [0.05, 0.1) is 12.2 Å². The Balaban J connectivity index is 2.98. The molecule has 0 heterocycles. The highest BCUT2D eigenvalue weighted by Crippen LogP contribution is 2.24. The summed E-state index contributed by atoms with van der Waals surface area (Å²) in [7, 11) is -4.20. The SMILES string of the molecule is CCNC(=O)CNS(=O)(=O)c1cc(Cl)cc(N)c1F. The van der Waals surface area contributed by atoms with E-state index in [0.29, 0.717) is 6.54 Å². The number of anilines is 1. The lowest BCUT2D eigenvalue weighted by Gasteiger charge is -2.09. The number of likely N-dealkylation sites (N-methyl/N-ethyl adjacent to an activating group) is 1. The Labute approximate surface area is 115 Å². The second kappa shape index (κ2) is 6.18. The number of rotatable bonds is 5. The molecule has 1 amide bonds. The molecule has 4 N–H and O–H groups in total. The van der Waals surface area contributed by atoms with Gasteiger partial charge >= 0.3 is 0 Å². The number of benzene rings is 1. The van der Waals surface area contributed by atoms with Gasteiger partial charge in [0.15, 0.2) is 5.82 Å². The maximum absolute atomic E-state index is 13.6. The van der Waals surface area contributed by atoms with E-state index >= 15 is 0 Å². The quantitative estimate of drug-likeness (QED) is 0.688. The molecule has 0 unspecified atom stereocenters. The minimum atomic E-state index is -4.20.